The van der Waals surface area contributed by atoms with Gasteiger partial charge >= 0.3 is 0 Å². The van der Waals surface area contributed by atoms with Crippen molar-refractivity contribution < 1.29 is 4.79 Å². The van der Waals surface area contributed by atoms with Crippen LogP contribution in [-0.2, 0) is 11.2 Å². The molecular weight excluding hydrogens is 250 g/mol. The number of amides is 1. The van der Waals surface area contributed by atoms with Crippen LogP contribution in [0.15, 0.2) is 42.7 Å². The van der Waals surface area contributed by atoms with E-state index < -0.39 is 0 Å². The van der Waals surface area contributed by atoms with Gasteiger partial charge in [0.15, 0.2) is 0 Å². The molecule has 1 N–H and O–H groups in total. The summed E-state index contributed by atoms with van der Waals surface area (Å²) in [4.78, 5) is 11.8. The minimum Gasteiger partial charge on any atom is -0.351 e. The smallest absolute Gasteiger partial charge is 0.220 e. The van der Waals surface area contributed by atoms with Gasteiger partial charge in [-0.05, 0) is 44.9 Å². The highest BCUT2D eigenvalue weighted by atomic mass is 16.1. The predicted octanol–water partition coefficient (Wildman–Crippen LogP) is 2.72. The quantitative estimate of drug-likeness (QED) is 0.929. The maximum Gasteiger partial charge on any atom is 0.220 e. The van der Waals surface area contributed by atoms with E-state index in [1.54, 1.807) is 0 Å². The van der Waals surface area contributed by atoms with E-state index in [2.05, 4.69) is 10.4 Å². The highest BCUT2D eigenvalue weighted by Crippen LogP contribution is 2.09. The lowest BCUT2D eigenvalue weighted by Gasteiger charge is -2.20. The Kier molecular flexibility index (Phi) is 4.23. The van der Waals surface area contributed by atoms with E-state index in [1.807, 2.05) is 68.2 Å². The SMILES string of the molecule is CC(C)(C)NC(=O)CCc1cnn(-c2ccccc2)c1. The molecule has 1 aromatic carbocycles. The van der Waals surface area contributed by atoms with Gasteiger partial charge in [0, 0.05) is 18.2 Å². The second-order valence-corrected chi connectivity index (χ2v) is 5.93. The third-order valence-electron chi connectivity index (χ3n) is 2.81. The Morgan fingerprint density at radius 1 is 1.25 bits per heavy atom. The molecule has 0 aliphatic carbocycles. The highest BCUT2D eigenvalue weighted by Gasteiger charge is 2.13. The lowest BCUT2D eigenvalue weighted by Crippen LogP contribution is -2.40. The van der Waals surface area contributed by atoms with Crippen molar-refractivity contribution in [2.75, 3.05) is 0 Å². The molecule has 2 rings (SSSR count). The number of carbonyl (C=O) groups excluding carboxylic acids is 1. The van der Waals surface area contributed by atoms with E-state index in [1.165, 1.54) is 0 Å². The molecule has 0 unspecified atom stereocenters. The molecule has 0 bridgehead atoms. The Bertz CT molecular complexity index is 567. The van der Waals surface area contributed by atoms with Crippen LogP contribution in [0.5, 0.6) is 0 Å². The Hall–Kier alpha value is -2.10. The van der Waals surface area contributed by atoms with Gasteiger partial charge in [-0.2, -0.15) is 5.10 Å². The van der Waals surface area contributed by atoms with Gasteiger partial charge in [0.25, 0.3) is 0 Å². The van der Waals surface area contributed by atoms with E-state index in [0.717, 1.165) is 11.3 Å². The van der Waals surface area contributed by atoms with Crippen LogP contribution in [0.3, 0.4) is 0 Å². The number of nitrogens with one attached hydrogen (secondary N) is 1. The van der Waals surface area contributed by atoms with Gasteiger partial charge in [0.1, 0.15) is 0 Å². The van der Waals surface area contributed by atoms with Gasteiger partial charge in [-0.25, -0.2) is 4.68 Å². The summed E-state index contributed by atoms with van der Waals surface area (Å²) in [6.45, 7) is 5.95. The summed E-state index contributed by atoms with van der Waals surface area (Å²) in [6.07, 6.45) is 4.98. The van der Waals surface area contributed by atoms with Crippen molar-refractivity contribution >= 4 is 5.91 Å². The van der Waals surface area contributed by atoms with Gasteiger partial charge in [0.05, 0.1) is 11.9 Å². The normalized spacial score (nSPS) is 11.3. The summed E-state index contributed by atoms with van der Waals surface area (Å²) >= 11 is 0. The number of hydrogen-bond donors (Lipinski definition) is 1. The molecule has 0 aliphatic heterocycles. The molecule has 1 amide bonds. The Labute approximate surface area is 119 Å². The van der Waals surface area contributed by atoms with Crippen molar-refractivity contribution in [2.45, 2.75) is 39.2 Å². The third-order valence-corrected chi connectivity index (χ3v) is 2.81. The largest absolute Gasteiger partial charge is 0.351 e. The molecule has 0 radical (unpaired) electrons. The van der Waals surface area contributed by atoms with E-state index >= 15 is 0 Å². The fraction of sp³-hybridized carbons (Fsp3) is 0.375. The molecule has 0 spiro atoms. The number of benzene rings is 1. The average Bonchev–Trinajstić information content (AvgIpc) is 2.84. The summed E-state index contributed by atoms with van der Waals surface area (Å²) in [5.74, 6) is 0.0740. The fourth-order valence-corrected chi connectivity index (χ4v) is 1.95. The van der Waals surface area contributed by atoms with E-state index in [9.17, 15) is 4.79 Å². The molecule has 4 heteroatoms. The Morgan fingerprint density at radius 3 is 2.60 bits per heavy atom. The third kappa shape index (κ3) is 4.23. The van der Waals surface area contributed by atoms with Gasteiger partial charge in [-0.15, -0.1) is 0 Å². The fourth-order valence-electron chi connectivity index (χ4n) is 1.95. The van der Waals surface area contributed by atoms with Crippen molar-refractivity contribution in [2.24, 2.45) is 0 Å². The topological polar surface area (TPSA) is 46.9 Å². The second-order valence-electron chi connectivity index (χ2n) is 5.93. The molecule has 4 nitrogen and oxygen atoms in total. The summed E-state index contributed by atoms with van der Waals surface area (Å²) in [7, 11) is 0. The molecule has 0 aliphatic rings. The summed E-state index contributed by atoms with van der Waals surface area (Å²) in [5, 5.41) is 7.29. The van der Waals surface area contributed by atoms with E-state index in [0.29, 0.717) is 12.8 Å². The predicted molar refractivity (Wildman–Crippen MR) is 79.8 cm³/mol. The first-order chi connectivity index (χ1) is 9.44. The van der Waals surface area contributed by atoms with Crippen LogP contribution >= 0.6 is 0 Å². The number of hydrogen-bond acceptors (Lipinski definition) is 2. The average molecular weight is 271 g/mol. The molecule has 0 atom stereocenters. The summed E-state index contributed by atoms with van der Waals surface area (Å²) in [5.41, 5.74) is 1.92. The first-order valence-corrected chi connectivity index (χ1v) is 6.84. The molecule has 1 heterocycles. The summed E-state index contributed by atoms with van der Waals surface area (Å²) < 4.78 is 1.83. The van der Waals surface area contributed by atoms with Crippen molar-refractivity contribution in [3.8, 4) is 5.69 Å². The van der Waals surface area contributed by atoms with Crippen LogP contribution in [0, 0.1) is 0 Å². The van der Waals surface area contributed by atoms with E-state index in [-0.39, 0.29) is 11.4 Å². The number of aromatic nitrogens is 2. The summed E-state index contributed by atoms with van der Waals surface area (Å²) in [6, 6.07) is 9.94. The van der Waals surface area contributed by atoms with Crippen molar-refractivity contribution in [3.63, 3.8) is 0 Å². The standard InChI is InChI=1S/C16H21N3O/c1-16(2,3)18-15(20)10-9-13-11-17-19(12-13)14-7-5-4-6-8-14/h4-8,11-12H,9-10H2,1-3H3,(H,18,20). The number of carbonyl (C=O) groups is 1. The lowest BCUT2D eigenvalue weighted by atomic mass is 10.1. The molecular formula is C16H21N3O. The number of para-hydroxylation sites is 1. The van der Waals surface area contributed by atoms with Crippen LogP contribution in [-0.4, -0.2) is 21.2 Å². The van der Waals surface area contributed by atoms with Crippen molar-refractivity contribution in [3.05, 3.63) is 48.3 Å². The molecule has 2 aromatic rings. The van der Waals surface area contributed by atoms with Gasteiger partial charge < -0.3 is 5.32 Å². The molecule has 106 valence electrons. The van der Waals surface area contributed by atoms with E-state index in [4.69, 9.17) is 0 Å². The Balaban J connectivity index is 1.92. The molecule has 0 saturated carbocycles. The molecule has 0 fully saturated rings. The van der Waals surface area contributed by atoms with Gasteiger partial charge in [-0.1, -0.05) is 18.2 Å². The number of nitrogens with zero attached hydrogens (tertiary/aromatic N) is 2. The monoisotopic (exact) mass is 271 g/mol. The Morgan fingerprint density at radius 2 is 1.95 bits per heavy atom. The maximum atomic E-state index is 11.8. The second kappa shape index (κ2) is 5.90. The lowest BCUT2D eigenvalue weighted by molar-refractivity contribution is -0.122. The highest BCUT2D eigenvalue weighted by molar-refractivity contribution is 5.76. The minimum absolute atomic E-state index is 0.0740. The molecule has 0 saturated heterocycles. The van der Waals surface area contributed by atoms with Crippen molar-refractivity contribution in [1.29, 1.82) is 0 Å². The number of rotatable bonds is 4. The molecule has 20 heavy (non-hydrogen) atoms. The van der Waals surface area contributed by atoms with Gasteiger partial charge in [-0.3, -0.25) is 4.79 Å². The zero-order valence-corrected chi connectivity index (χ0v) is 12.3. The van der Waals surface area contributed by atoms with Crippen LogP contribution in [0.25, 0.3) is 5.69 Å². The minimum atomic E-state index is -0.175. The first-order valence-electron chi connectivity index (χ1n) is 6.84. The zero-order valence-electron chi connectivity index (χ0n) is 12.3. The van der Waals surface area contributed by atoms with Crippen LogP contribution < -0.4 is 5.32 Å². The first kappa shape index (κ1) is 14.3. The van der Waals surface area contributed by atoms with Gasteiger partial charge in [0.2, 0.25) is 5.91 Å². The van der Waals surface area contributed by atoms with Crippen LogP contribution in [0.1, 0.15) is 32.8 Å². The molecule has 1 aromatic heterocycles. The van der Waals surface area contributed by atoms with Crippen LogP contribution in [0.4, 0.5) is 0 Å². The zero-order chi connectivity index (χ0) is 14.6. The maximum absolute atomic E-state index is 11.8. The van der Waals surface area contributed by atoms with Crippen LogP contribution in [0.2, 0.25) is 0 Å². The van der Waals surface area contributed by atoms with Crippen molar-refractivity contribution in [1.82, 2.24) is 15.1 Å². The number of aryl methyl sites for hydroxylation is 1.